The molecule has 1 aliphatic carbocycles. The van der Waals surface area contributed by atoms with Gasteiger partial charge in [-0.05, 0) is 49.3 Å². The van der Waals surface area contributed by atoms with Crippen molar-refractivity contribution in [3.8, 4) is 0 Å². The van der Waals surface area contributed by atoms with Crippen LogP contribution in [-0.4, -0.2) is 55.9 Å². The fourth-order valence-electron chi connectivity index (χ4n) is 3.88. The molecule has 2 atom stereocenters. The Morgan fingerprint density at radius 1 is 1.12 bits per heavy atom. The van der Waals surface area contributed by atoms with E-state index in [2.05, 4.69) is 4.72 Å². The highest BCUT2D eigenvalue weighted by molar-refractivity contribution is 7.87. The molecule has 0 spiro atoms. The van der Waals surface area contributed by atoms with Crippen LogP contribution < -0.4 is 9.62 Å². The van der Waals surface area contributed by atoms with E-state index in [1.807, 2.05) is 4.90 Å². The van der Waals surface area contributed by atoms with Gasteiger partial charge in [0.15, 0.2) is 0 Å². The van der Waals surface area contributed by atoms with E-state index >= 15 is 0 Å². The summed E-state index contributed by atoms with van der Waals surface area (Å²) in [6, 6.07) is 4.20. The summed E-state index contributed by atoms with van der Waals surface area (Å²) in [6.45, 7) is 2.35. The van der Waals surface area contributed by atoms with Gasteiger partial charge in [0.1, 0.15) is 0 Å². The lowest BCUT2D eigenvalue weighted by Gasteiger charge is -2.24. The maximum absolute atomic E-state index is 12.7. The monoisotopic (exact) mass is 379 g/mol. The minimum atomic E-state index is -3.88. The molecule has 0 bridgehead atoms. The summed E-state index contributed by atoms with van der Waals surface area (Å²) in [5.74, 6) is -0.614. The molecule has 9 heteroatoms. The van der Waals surface area contributed by atoms with Gasteiger partial charge < -0.3 is 10.0 Å². The summed E-state index contributed by atoms with van der Waals surface area (Å²) in [5, 5.41) is 9.25. The summed E-state index contributed by atoms with van der Waals surface area (Å²) < 4.78 is 28.1. The average Bonchev–Trinajstić information content (AvgIpc) is 3.04. The average molecular weight is 379 g/mol. The molecule has 26 heavy (non-hydrogen) atoms. The molecule has 140 valence electrons. The number of carbonyl (C=O) groups is 2. The van der Waals surface area contributed by atoms with Gasteiger partial charge in [-0.1, -0.05) is 0 Å². The second-order valence-electron chi connectivity index (χ2n) is 7.24. The fourth-order valence-corrected chi connectivity index (χ4v) is 5.09. The number of benzene rings is 1. The summed E-state index contributed by atoms with van der Waals surface area (Å²) >= 11 is 0. The zero-order valence-electron chi connectivity index (χ0n) is 14.2. The Balaban J connectivity index is 1.62. The number of hydrogen-bond donors (Lipinski definition) is 2. The van der Waals surface area contributed by atoms with E-state index in [1.54, 1.807) is 0 Å². The predicted octanol–water partition coefficient (Wildman–Crippen LogP) is 0.911. The number of piperidine rings is 1. The van der Waals surface area contributed by atoms with Crippen molar-refractivity contribution in [2.24, 2.45) is 11.8 Å². The molecule has 2 heterocycles. The summed E-state index contributed by atoms with van der Waals surface area (Å²) in [6.07, 6.45) is 2.73. The fraction of sp³-hybridized carbons (Fsp3) is 0.529. The third kappa shape index (κ3) is 3.16. The Morgan fingerprint density at radius 2 is 1.77 bits per heavy atom. The molecular formula is C17H21N3O5S. The van der Waals surface area contributed by atoms with Gasteiger partial charge in [-0.2, -0.15) is 12.7 Å². The van der Waals surface area contributed by atoms with Crippen LogP contribution in [0, 0.1) is 11.8 Å². The Bertz CT molecular complexity index is 853. The van der Waals surface area contributed by atoms with E-state index in [4.69, 9.17) is 0 Å². The molecule has 1 amide bonds. The van der Waals surface area contributed by atoms with Crippen LogP contribution in [0.15, 0.2) is 18.2 Å². The van der Waals surface area contributed by atoms with Crippen LogP contribution in [0.4, 0.5) is 5.69 Å². The molecule has 3 aliphatic rings. The van der Waals surface area contributed by atoms with Gasteiger partial charge in [0.2, 0.25) is 0 Å². The van der Waals surface area contributed by atoms with Gasteiger partial charge in [0, 0.05) is 26.2 Å². The van der Waals surface area contributed by atoms with Crippen LogP contribution in [0.2, 0.25) is 0 Å². The number of anilines is 1. The quantitative estimate of drug-likeness (QED) is 0.788. The highest BCUT2D eigenvalue weighted by atomic mass is 32.2. The highest BCUT2D eigenvalue weighted by Gasteiger charge is 2.45. The molecule has 2 saturated heterocycles. The number of aromatic carboxylic acids is 1. The van der Waals surface area contributed by atoms with Crippen molar-refractivity contribution in [3.63, 3.8) is 0 Å². The van der Waals surface area contributed by atoms with Crippen molar-refractivity contribution in [1.82, 2.24) is 9.03 Å². The Labute approximate surface area is 152 Å². The van der Waals surface area contributed by atoms with Crippen LogP contribution in [0.5, 0.6) is 0 Å². The van der Waals surface area contributed by atoms with Crippen molar-refractivity contribution in [2.75, 3.05) is 31.1 Å². The molecule has 2 aliphatic heterocycles. The normalized spacial score (nSPS) is 25.2. The standard InChI is InChI=1S/C17H21N3O5S/c21-16(18-26(24,25)20-5-1-2-6-20)14-4-3-11(17(22)23)8-15(14)19-9-12-7-13(12)10-19/h3-4,8,12-13H,1-2,5-7,9-10H2,(H,18,21)(H,22,23). The maximum atomic E-state index is 12.7. The van der Waals surface area contributed by atoms with Crippen molar-refractivity contribution < 1.29 is 23.1 Å². The van der Waals surface area contributed by atoms with E-state index in [-0.39, 0.29) is 11.1 Å². The first kappa shape index (κ1) is 17.3. The first-order valence-electron chi connectivity index (χ1n) is 8.79. The molecule has 0 aromatic heterocycles. The number of amides is 1. The minimum absolute atomic E-state index is 0.0829. The summed E-state index contributed by atoms with van der Waals surface area (Å²) in [7, 11) is -3.88. The van der Waals surface area contributed by atoms with Gasteiger partial charge in [0.05, 0.1) is 16.8 Å². The van der Waals surface area contributed by atoms with Crippen LogP contribution >= 0.6 is 0 Å². The van der Waals surface area contributed by atoms with Crippen molar-refractivity contribution in [2.45, 2.75) is 19.3 Å². The smallest absolute Gasteiger partial charge is 0.335 e. The number of carboxylic acids is 1. The van der Waals surface area contributed by atoms with Crippen LogP contribution in [0.3, 0.4) is 0 Å². The summed E-state index contributed by atoms with van der Waals surface area (Å²) in [5.41, 5.74) is 0.768. The largest absolute Gasteiger partial charge is 0.478 e. The maximum Gasteiger partial charge on any atom is 0.335 e. The van der Waals surface area contributed by atoms with Crippen LogP contribution in [-0.2, 0) is 10.2 Å². The van der Waals surface area contributed by atoms with Crippen molar-refractivity contribution >= 4 is 27.8 Å². The molecule has 3 fully saturated rings. The number of rotatable bonds is 5. The summed E-state index contributed by atoms with van der Waals surface area (Å²) in [4.78, 5) is 26.0. The number of fused-ring (bicyclic) bond motifs is 1. The number of nitrogens with one attached hydrogen (secondary N) is 1. The van der Waals surface area contributed by atoms with Crippen LogP contribution in [0.25, 0.3) is 0 Å². The lowest BCUT2D eigenvalue weighted by atomic mass is 10.1. The molecule has 2 N–H and O–H groups in total. The molecule has 2 unspecified atom stereocenters. The third-order valence-electron chi connectivity index (χ3n) is 5.44. The zero-order valence-corrected chi connectivity index (χ0v) is 15.0. The van der Waals surface area contributed by atoms with E-state index < -0.39 is 22.1 Å². The van der Waals surface area contributed by atoms with Crippen molar-refractivity contribution in [1.29, 1.82) is 0 Å². The molecule has 4 rings (SSSR count). The molecule has 1 aromatic carbocycles. The Kier molecular flexibility index (Phi) is 4.15. The van der Waals surface area contributed by atoms with Gasteiger partial charge in [-0.25, -0.2) is 9.52 Å². The van der Waals surface area contributed by atoms with E-state index in [9.17, 15) is 23.1 Å². The molecular weight excluding hydrogens is 358 g/mol. The molecule has 8 nitrogen and oxygen atoms in total. The SMILES string of the molecule is O=C(O)c1ccc(C(=O)NS(=O)(=O)N2CCCC2)c(N2CC3CC3C2)c1. The zero-order chi connectivity index (χ0) is 18.5. The number of carboxylic acid groups (broad SMARTS) is 1. The van der Waals surface area contributed by atoms with Gasteiger partial charge in [0.25, 0.3) is 5.91 Å². The molecule has 0 radical (unpaired) electrons. The first-order valence-corrected chi connectivity index (χ1v) is 10.2. The van der Waals surface area contributed by atoms with Gasteiger partial charge in [-0.15, -0.1) is 0 Å². The Morgan fingerprint density at radius 3 is 2.38 bits per heavy atom. The van der Waals surface area contributed by atoms with Crippen LogP contribution in [0.1, 0.15) is 40.0 Å². The minimum Gasteiger partial charge on any atom is -0.478 e. The van der Waals surface area contributed by atoms with E-state index in [0.29, 0.717) is 30.6 Å². The predicted molar refractivity (Wildman–Crippen MR) is 94.4 cm³/mol. The molecule has 1 saturated carbocycles. The molecule has 1 aromatic rings. The highest BCUT2D eigenvalue weighted by Crippen LogP contribution is 2.46. The first-order chi connectivity index (χ1) is 12.3. The van der Waals surface area contributed by atoms with E-state index in [0.717, 1.165) is 25.9 Å². The topological polar surface area (TPSA) is 107 Å². The second-order valence-corrected chi connectivity index (χ2v) is 8.91. The van der Waals surface area contributed by atoms with Gasteiger partial charge in [-0.3, -0.25) is 4.79 Å². The number of hydrogen-bond acceptors (Lipinski definition) is 5. The number of carbonyl (C=O) groups excluding carboxylic acids is 1. The lowest BCUT2D eigenvalue weighted by molar-refractivity contribution is 0.0696. The third-order valence-corrected chi connectivity index (χ3v) is 6.92. The van der Waals surface area contributed by atoms with Crippen molar-refractivity contribution in [3.05, 3.63) is 29.3 Å². The Hall–Kier alpha value is -2.13. The lowest BCUT2D eigenvalue weighted by Crippen LogP contribution is -2.42. The van der Waals surface area contributed by atoms with Gasteiger partial charge >= 0.3 is 16.2 Å². The second kappa shape index (κ2) is 6.24. The van der Waals surface area contributed by atoms with E-state index in [1.165, 1.54) is 28.9 Å². The number of nitrogens with zero attached hydrogens (tertiary/aromatic N) is 2.